The van der Waals surface area contributed by atoms with Gasteiger partial charge in [0.1, 0.15) is 6.04 Å². The van der Waals surface area contributed by atoms with Gasteiger partial charge in [-0.1, -0.05) is 6.58 Å². The first-order valence-electron chi connectivity index (χ1n) is 8.77. The van der Waals surface area contributed by atoms with E-state index in [-0.39, 0.29) is 4.90 Å². The van der Waals surface area contributed by atoms with Crippen molar-refractivity contribution in [1.82, 2.24) is 4.90 Å². The zero-order chi connectivity index (χ0) is 28.4. The Hall–Kier alpha value is -1.98. The highest BCUT2D eigenvalue weighted by molar-refractivity contribution is 5.92. The molecule has 1 atom stereocenters. The van der Waals surface area contributed by atoms with Crippen molar-refractivity contribution in [3.05, 3.63) is 12.2 Å². The van der Waals surface area contributed by atoms with Crippen molar-refractivity contribution >= 4 is 5.91 Å². The van der Waals surface area contributed by atoms with Gasteiger partial charge in [-0.3, -0.25) is 4.79 Å². The molecule has 1 aliphatic rings. The molecule has 206 valence electrons. The molecule has 0 N–H and O–H groups in total. The van der Waals surface area contributed by atoms with Crippen LogP contribution in [0.25, 0.3) is 0 Å². The summed E-state index contributed by atoms with van der Waals surface area (Å²) in [5.74, 6) is -58.5. The zero-order valence-corrected chi connectivity index (χ0v) is 16.7. The average molecular weight is 557 g/mol. The number of rotatable bonds is 8. The number of hydrogen-bond donors (Lipinski definition) is 0. The lowest BCUT2D eigenvalue weighted by Crippen LogP contribution is -2.75. The van der Waals surface area contributed by atoms with Gasteiger partial charge in [0.15, 0.2) is 0 Å². The van der Waals surface area contributed by atoms with Crippen LogP contribution >= 0.6 is 0 Å². The number of carbonyl (C=O) groups excluding carboxylic acids is 1. The van der Waals surface area contributed by atoms with Crippen LogP contribution in [0.3, 0.4) is 0 Å². The van der Waals surface area contributed by atoms with E-state index in [9.17, 15) is 79.4 Å². The molecular formula is C16H12F17NO. The predicted octanol–water partition coefficient (Wildman–Crippen LogP) is 6.56. The first-order valence-corrected chi connectivity index (χ1v) is 8.77. The number of likely N-dealkylation sites (tertiary alicyclic amines) is 1. The van der Waals surface area contributed by atoms with Crippen molar-refractivity contribution in [3.8, 4) is 0 Å². The van der Waals surface area contributed by atoms with E-state index in [0.717, 1.165) is 6.92 Å². The normalized spacial score (nSPS) is 19.8. The highest BCUT2D eigenvalue weighted by atomic mass is 19.4. The van der Waals surface area contributed by atoms with E-state index < -0.39 is 84.5 Å². The topological polar surface area (TPSA) is 20.3 Å². The van der Waals surface area contributed by atoms with Crippen molar-refractivity contribution in [2.75, 3.05) is 6.54 Å². The van der Waals surface area contributed by atoms with E-state index in [1.54, 1.807) is 0 Å². The molecule has 0 aromatic heterocycles. The second-order valence-corrected chi connectivity index (χ2v) is 7.50. The lowest BCUT2D eigenvalue weighted by molar-refractivity contribution is -0.462. The summed E-state index contributed by atoms with van der Waals surface area (Å²) in [7, 11) is 0. The molecular weight excluding hydrogens is 545 g/mol. The van der Waals surface area contributed by atoms with Gasteiger partial charge in [-0.2, -0.15) is 74.6 Å². The number of carbonyl (C=O) groups is 1. The number of halogens is 17. The fraction of sp³-hybridized carbons (Fsp3) is 0.812. The summed E-state index contributed by atoms with van der Waals surface area (Å²) in [4.78, 5) is 11.5. The molecule has 19 heteroatoms. The van der Waals surface area contributed by atoms with Crippen molar-refractivity contribution in [2.45, 2.75) is 73.4 Å². The monoisotopic (exact) mass is 557 g/mol. The maximum atomic E-state index is 14.4. The fourth-order valence-corrected chi connectivity index (χ4v) is 3.02. The third kappa shape index (κ3) is 3.99. The van der Waals surface area contributed by atoms with Crippen LogP contribution in [0.2, 0.25) is 0 Å². The molecule has 1 unspecified atom stereocenters. The molecule has 0 spiro atoms. The van der Waals surface area contributed by atoms with Crippen LogP contribution in [0.15, 0.2) is 12.2 Å². The van der Waals surface area contributed by atoms with E-state index in [2.05, 4.69) is 6.58 Å². The lowest BCUT2D eigenvalue weighted by Gasteiger charge is -2.44. The summed E-state index contributed by atoms with van der Waals surface area (Å²) < 4.78 is 227. The van der Waals surface area contributed by atoms with Crippen LogP contribution in [0, 0.1) is 0 Å². The molecule has 1 rings (SSSR count). The molecule has 1 heterocycles. The summed E-state index contributed by atoms with van der Waals surface area (Å²) >= 11 is 0. The van der Waals surface area contributed by atoms with Crippen LogP contribution in [0.4, 0.5) is 74.6 Å². The van der Waals surface area contributed by atoms with Gasteiger partial charge in [0.2, 0.25) is 5.91 Å². The molecule has 0 radical (unpaired) electrons. The van der Waals surface area contributed by atoms with Gasteiger partial charge >= 0.3 is 47.6 Å². The third-order valence-corrected chi connectivity index (χ3v) is 5.04. The van der Waals surface area contributed by atoms with Gasteiger partial charge in [-0.05, 0) is 19.8 Å². The van der Waals surface area contributed by atoms with Gasteiger partial charge in [-0.25, -0.2) is 0 Å². The summed E-state index contributed by atoms with van der Waals surface area (Å²) in [5.41, 5.74) is -0.673. The number of alkyl halides is 17. The van der Waals surface area contributed by atoms with Crippen LogP contribution in [-0.4, -0.2) is 71.0 Å². The highest BCUT2D eigenvalue weighted by Crippen LogP contribution is 2.64. The van der Waals surface area contributed by atoms with Gasteiger partial charge < -0.3 is 4.90 Å². The minimum absolute atomic E-state index is 0.283. The van der Waals surface area contributed by atoms with Gasteiger partial charge in [0.25, 0.3) is 0 Å². The molecule has 2 nitrogen and oxygen atoms in total. The molecule has 0 aromatic rings. The van der Waals surface area contributed by atoms with Crippen LogP contribution < -0.4 is 0 Å². The molecule has 0 bridgehead atoms. The Balaban J connectivity index is 3.67. The Bertz CT molecular complexity index is 844. The lowest BCUT2D eigenvalue weighted by atomic mass is 9.86. The Labute approximate surface area is 183 Å². The maximum Gasteiger partial charge on any atom is 0.460 e. The predicted molar refractivity (Wildman–Crippen MR) is 80.2 cm³/mol. The average Bonchev–Trinajstić information content (AvgIpc) is 3.15. The van der Waals surface area contributed by atoms with Crippen LogP contribution in [-0.2, 0) is 4.79 Å². The molecule has 1 aliphatic heterocycles. The molecule has 35 heavy (non-hydrogen) atoms. The maximum absolute atomic E-state index is 14.4. The van der Waals surface area contributed by atoms with E-state index in [1.165, 1.54) is 0 Å². The first kappa shape index (κ1) is 31.1. The number of hydrogen-bond acceptors (Lipinski definition) is 1. The quantitative estimate of drug-likeness (QED) is 0.245. The Morgan fingerprint density at radius 2 is 1.00 bits per heavy atom. The highest BCUT2D eigenvalue weighted by Gasteiger charge is 2.95. The van der Waals surface area contributed by atoms with Crippen molar-refractivity contribution in [2.24, 2.45) is 0 Å². The van der Waals surface area contributed by atoms with E-state index in [1.807, 2.05) is 0 Å². The van der Waals surface area contributed by atoms with E-state index in [4.69, 9.17) is 0 Å². The van der Waals surface area contributed by atoms with E-state index >= 15 is 0 Å². The number of nitrogens with zero attached hydrogens (tertiary/aromatic N) is 1. The van der Waals surface area contributed by atoms with Gasteiger partial charge in [0.05, 0.1) is 0 Å². The number of amides is 1. The largest absolute Gasteiger partial charge is 0.460 e. The molecule has 0 aromatic carbocycles. The summed E-state index contributed by atoms with van der Waals surface area (Å²) in [6.07, 6.45) is -9.81. The standard InChI is InChI=1S/C16H12F17NO/c1-6(2)8(35)34-5-3-4-7(34)9(17,18)10(19,20)11(21,22)12(23,24)13(25,26)14(27,28)15(29,30)16(31,32)33/h7H,1,3-5H2,2H3. The minimum atomic E-state index is -8.68. The van der Waals surface area contributed by atoms with Crippen molar-refractivity contribution < 1.29 is 79.4 Å². The van der Waals surface area contributed by atoms with Crippen LogP contribution in [0.5, 0.6) is 0 Å². The molecule has 1 saturated heterocycles. The minimum Gasteiger partial charge on any atom is -0.330 e. The summed E-state index contributed by atoms with van der Waals surface area (Å²) in [5, 5.41) is 0. The zero-order valence-electron chi connectivity index (χ0n) is 16.7. The Morgan fingerprint density at radius 3 is 1.34 bits per heavy atom. The Kier molecular flexibility index (Phi) is 7.34. The first-order chi connectivity index (χ1) is 15.1. The Morgan fingerprint density at radius 1 is 0.657 bits per heavy atom. The second-order valence-electron chi connectivity index (χ2n) is 7.50. The van der Waals surface area contributed by atoms with Gasteiger partial charge in [0, 0.05) is 12.1 Å². The van der Waals surface area contributed by atoms with Crippen LogP contribution in [0.1, 0.15) is 19.8 Å². The van der Waals surface area contributed by atoms with Gasteiger partial charge in [-0.15, -0.1) is 0 Å². The van der Waals surface area contributed by atoms with Crippen molar-refractivity contribution in [3.63, 3.8) is 0 Å². The molecule has 1 fully saturated rings. The van der Waals surface area contributed by atoms with Crippen molar-refractivity contribution in [1.29, 1.82) is 0 Å². The second kappa shape index (κ2) is 8.27. The smallest absolute Gasteiger partial charge is 0.330 e. The van der Waals surface area contributed by atoms with E-state index in [0.29, 0.717) is 0 Å². The fourth-order valence-electron chi connectivity index (χ4n) is 3.02. The third-order valence-electron chi connectivity index (χ3n) is 5.04. The molecule has 1 amide bonds. The summed E-state index contributed by atoms with van der Waals surface area (Å²) in [6, 6.07) is -3.44. The molecule has 0 saturated carbocycles. The molecule has 0 aliphatic carbocycles. The SMILES string of the molecule is C=C(C)C(=O)N1CCCC1C(F)(F)C(F)(F)C(F)(F)C(F)(F)C(F)(F)C(F)(F)C(F)(F)C(F)(F)F. The summed E-state index contributed by atoms with van der Waals surface area (Å²) in [6.45, 7) is 2.84.